The van der Waals surface area contributed by atoms with Gasteiger partial charge in [0.05, 0.1) is 10.6 Å². The predicted octanol–water partition coefficient (Wildman–Crippen LogP) is 5.58. The Hall–Kier alpha value is -3.75. The van der Waals surface area contributed by atoms with Crippen LogP contribution in [0.15, 0.2) is 33.2 Å². The van der Waals surface area contributed by atoms with E-state index >= 15 is 0 Å². The van der Waals surface area contributed by atoms with Gasteiger partial charge >= 0.3 is 6.18 Å². The van der Waals surface area contributed by atoms with E-state index in [1.54, 1.807) is 0 Å². The van der Waals surface area contributed by atoms with Crippen LogP contribution in [0, 0.1) is 28.4 Å². The molecule has 0 aliphatic heterocycles. The number of nitriles is 1. The summed E-state index contributed by atoms with van der Waals surface area (Å²) in [5, 5.41) is 38.3. The first-order valence-corrected chi connectivity index (χ1v) is 9.71. The Morgan fingerprint density at radius 3 is 2.47 bits per heavy atom. The molecule has 0 radical (unpaired) electrons. The molecule has 1 aromatic heterocycles. The molecule has 2 aromatic rings. The molecule has 0 saturated heterocycles. The highest BCUT2D eigenvalue weighted by atomic mass is 19.4. The number of pyridine rings is 1. The standard InChI is InChI=1S/C20H18F3N5O4/c1-11-14(10-24)18(29)27(13-5-3-2-4-6-13)19(30)17(11)26-25-12-7-8-16(28(31)32)15(9-12)20(21,22)23/h7-9,13,29H,2-6H2,1H3. The predicted molar refractivity (Wildman–Crippen MR) is 106 cm³/mol. The third kappa shape index (κ3) is 4.32. The number of rotatable bonds is 4. The number of nitro groups is 1. The quantitative estimate of drug-likeness (QED) is 0.369. The molecule has 1 aliphatic rings. The van der Waals surface area contributed by atoms with Crippen molar-refractivity contribution in [3.05, 3.63) is 55.4 Å². The molecule has 1 N–H and O–H groups in total. The summed E-state index contributed by atoms with van der Waals surface area (Å²) in [6.07, 6.45) is -1.09. The van der Waals surface area contributed by atoms with Crippen LogP contribution in [-0.2, 0) is 6.18 Å². The van der Waals surface area contributed by atoms with E-state index in [0.717, 1.165) is 29.9 Å². The molecule has 0 amide bonds. The second-order valence-corrected chi connectivity index (χ2v) is 7.41. The van der Waals surface area contributed by atoms with Crippen LogP contribution in [0.3, 0.4) is 0 Å². The number of aromatic hydroxyl groups is 1. The van der Waals surface area contributed by atoms with Crippen LogP contribution in [0.4, 0.5) is 30.2 Å². The van der Waals surface area contributed by atoms with Crippen molar-refractivity contribution in [3.8, 4) is 11.9 Å². The normalized spacial score (nSPS) is 15.1. The van der Waals surface area contributed by atoms with E-state index in [0.29, 0.717) is 25.0 Å². The SMILES string of the molecule is Cc1c(C#N)c(O)n(C2CCCCC2)c(=O)c1N=Nc1ccc([N+](=O)[O-])c(C(F)(F)F)c1. The van der Waals surface area contributed by atoms with E-state index in [1.807, 2.05) is 6.07 Å². The largest absolute Gasteiger partial charge is 0.493 e. The van der Waals surface area contributed by atoms with E-state index < -0.39 is 33.8 Å². The van der Waals surface area contributed by atoms with Crippen molar-refractivity contribution in [1.82, 2.24) is 4.57 Å². The Morgan fingerprint density at radius 1 is 1.25 bits per heavy atom. The molecule has 0 atom stereocenters. The minimum atomic E-state index is -5.00. The maximum absolute atomic E-state index is 13.2. The number of nitrogens with zero attached hydrogens (tertiary/aromatic N) is 5. The molecule has 32 heavy (non-hydrogen) atoms. The van der Waals surface area contributed by atoms with Gasteiger partial charge in [0.25, 0.3) is 11.2 Å². The molecule has 0 spiro atoms. The first kappa shape index (κ1) is 22.9. The van der Waals surface area contributed by atoms with Gasteiger partial charge in [0, 0.05) is 17.7 Å². The summed E-state index contributed by atoms with van der Waals surface area (Å²) in [5.41, 5.74) is -4.16. The fourth-order valence-electron chi connectivity index (χ4n) is 3.79. The first-order chi connectivity index (χ1) is 15.1. The van der Waals surface area contributed by atoms with Crippen LogP contribution >= 0.6 is 0 Å². The maximum atomic E-state index is 13.2. The Kier molecular flexibility index (Phi) is 6.29. The average Bonchev–Trinajstić information content (AvgIpc) is 2.74. The first-order valence-electron chi connectivity index (χ1n) is 9.71. The summed E-state index contributed by atoms with van der Waals surface area (Å²) < 4.78 is 40.7. The lowest BCUT2D eigenvalue weighted by atomic mass is 9.94. The van der Waals surface area contributed by atoms with Gasteiger partial charge in [-0.15, -0.1) is 5.11 Å². The van der Waals surface area contributed by atoms with Crippen LogP contribution in [0.2, 0.25) is 0 Å². The number of azo groups is 1. The molecular formula is C20H18F3N5O4. The summed E-state index contributed by atoms with van der Waals surface area (Å²) in [6.45, 7) is 1.37. The molecule has 9 nitrogen and oxygen atoms in total. The molecular weight excluding hydrogens is 431 g/mol. The number of benzene rings is 1. The van der Waals surface area contributed by atoms with Crippen molar-refractivity contribution < 1.29 is 23.2 Å². The van der Waals surface area contributed by atoms with Crippen LogP contribution in [0.25, 0.3) is 0 Å². The molecule has 1 aromatic carbocycles. The second-order valence-electron chi connectivity index (χ2n) is 7.41. The van der Waals surface area contributed by atoms with Gasteiger partial charge in [-0.1, -0.05) is 19.3 Å². The fourth-order valence-corrected chi connectivity index (χ4v) is 3.79. The summed E-state index contributed by atoms with van der Waals surface area (Å²) in [5.74, 6) is -0.476. The van der Waals surface area contributed by atoms with Crippen molar-refractivity contribution in [2.24, 2.45) is 10.2 Å². The summed E-state index contributed by atoms with van der Waals surface area (Å²) >= 11 is 0. The third-order valence-electron chi connectivity index (χ3n) is 5.40. The molecule has 0 unspecified atom stereocenters. The number of alkyl halides is 3. The van der Waals surface area contributed by atoms with Gasteiger partial charge in [-0.25, -0.2) is 0 Å². The van der Waals surface area contributed by atoms with E-state index in [9.17, 15) is 38.4 Å². The maximum Gasteiger partial charge on any atom is 0.423 e. The zero-order chi connectivity index (χ0) is 23.6. The smallest absolute Gasteiger partial charge is 0.423 e. The Balaban J connectivity index is 2.12. The second kappa shape index (κ2) is 8.78. The Morgan fingerprint density at radius 2 is 1.91 bits per heavy atom. The van der Waals surface area contributed by atoms with Crippen molar-refractivity contribution in [2.75, 3.05) is 0 Å². The summed E-state index contributed by atoms with van der Waals surface area (Å²) in [4.78, 5) is 22.8. The molecule has 12 heteroatoms. The van der Waals surface area contributed by atoms with Crippen LogP contribution in [0.5, 0.6) is 5.88 Å². The number of nitro benzene ring substituents is 1. The zero-order valence-electron chi connectivity index (χ0n) is 16.9. The van der Waals surface area contributed by atoms with E-state index in [4.69, 9.17) is 0 Å². The van der Waals surface area contributed by atoms with E-state index in [1.165, 1.54) is 6.92 Å². The Labute approximate surface area is 179 Å². The molecule has 1 saturated carbocycles. The summed E-state index contributed by atoms with van der Waals surface area (Å²) in [6, 6.07) is 3.57. The highest BCUT2D eigenvalue weighted by Crippen LogP contribution is 2.39. The third-order valence-corrected chi connectivity index (χ3v) is 5.40. The van der Waals surface area contributed by atoms with Crippen molar-refractivity contribution in [2.45, 2.75) is 51.2 Å². The van der Waals surface area contributed by atoms with Crippen molar-refractivity contribution in [3.63, 3.8) is 0 Å². The summed E-state index contributed by atoms with van der Waals surface area (Å²) in [7, 11) is 0. The van der Waals surface area contributed by atoms with Gasteiger partial charge in [0.15, 0.2) is 5.69 Å². The molecule has 1 aliphatic carbocycles. The van der Waals surface area contributed by atoms with Gasteiger partial charge in [0.2, 0.25) is 5.88 Å². The lowest BCUT2D eigenvalue weighted by molar-refractivity contribution is -0.388. The van der Waals surface area contributed by atoms with Crippen molar-refractivity contribution in [1.29, 1.82) is 5.26 Å². The topological polar surface area (TPSA) is 134 Å². The molecule has 1 fully saturated rings. The van der Waals surface area contributed by atoms with Crippen LogP contribution in [0.1, 0.15) is 54.8 Å². The van der Waals surface area contributed by atoms with E-state index in [-0.39, 0.29) is 28.5 Å². The number of hydrogen-bond acceptors (Lipinski definition) is 7. The average molecular weight is 449 g/mol. The Bertz CT molecular complexity index is 1190. The van der Waals surface area contributed by atoms with Gasteiger partial charge < -0.3 is 5.11 Å². The fraction of sp³-hybridized carbons (Fsp3) is 0.400. The van der Waals surface area contributed by atoms with Crippen LogP contribution in [-0.4, -0.2) is 14.6 Å². The molecule has 168 valence electrons. The monoisotopic (exact) mass is 449 g/mol. The van der Waals surface area contributed by atoms with Gasteiger partial charge in [0.1, 0.15) is 17.2 Å². The lowest BCUT2D eigenvalue weighted by Crippen LogP contribution is -2.27. The molecule has 3 rings (SSSR count). The van der Waals surface area contributed by atoms with Gasteiger partial charge in [-0.05, 0) is 31.9 Å². The van der Waals surface area contributed by atoms with Crippen molar-refractivity contribution >= 4 is 17.1 Å². The number of aromatic nitrogens is 1. The van der Waals surface area contributed by atoms with Gasteiger partial charge in [-0.2, -0.15) is 23.5 Å². The highest BCUT2D eigenvalue weighted by Gasteiger charge is 2.38. The van der Waals surface area contributed by atoms with E-state index in [2.05, 4.69) is 10.2 Å². The molecule has 0 bridgehead atoms. The molecule has 1 heterocycles. The van der Waals surface area contributed by atoms with Gasteiger partial charge in [-0.3, -0.25) is 19.5 Å². The minimum Gasteiger partial charge on any atom is -0.493 e. The lowest BCUT2D eigenvalue weighted by Gasteiger charge is -2.25. The minimum absolute atomic E-state index is 0.0313. The highest BCUT2D eigenvalue weighted by molar-refractivity contribution is 5.57. The zero-order valence-corrected chi connectivity index (χ0v) is 16.9. The van der Waals surface area contributed by atoms with Crippen LogP contribution < -0.4 is 5.56 Å². The number of halogens is 3. The number of hydrogen-bond donors (Lipinski definition) is 1.